The van der Waals surface area contributed by atoms with Crippen molar-refractivity contribution in [3.63, 3.8) is 0 Å². The van der Waals surface area contributed by atoms with E-state index >= 15 is 0 Å². The summed E-state index contributed by atoms with van der Waals surface area (Å²) in [4.78, 5) is 23.2. The van der Waals surface area contributed by atoms with Crippen LogP contribution < -0.4 is 0 Å². The van der Waals surface area contributed by atoms with E-state index in [4.69, 9.17) is 61.6 Å². The Morgan fingerprint density at radius 3 is 0.943 bits per heavy atom. The third kappa shape index (κ3) is 46.6. The molecule has 0 aromatic carbocycles. The van der Waals surface area contributed by atoms with Crippen LogP contribution in [0.25, 0.3) is 0 Å². The molecule has 0 aromatic heterocycles. The first kappa shape index (κ1) is 51.5. The maximum Gasteiger partial charge on any atom is 0.308 e. The van der Waals surface area contributed by atoms with Crippen LogP contribution in [0.4, 0.5) is 0 Å². The first-order valence-electron chi connectivity index (χ1n) is 19.6. The highest BCUT2D eigenvalue weighted by Crippen LogP contribution is 2.08. The zero-order chi connectivity index (χ0) is 38.8. The number of rotatable bonds is 43. The largest absolute Gasteiger partial charge is 0.463 e. The van der Waals surface area contributed by atoms with Gasteiger partial charge in [-0.1, -0.05) is 39.0 Å². The first-order valence-corrected chi connectivity index (χ1v) is 19.6. The van der Waals surface area contributed by atoms with Gasteiger partial charge in [0.1, 0.15) is 12.2 Å². The molecule has 0 aliphatic carbocycles. The van der Waals surface area contributed by atoms with Gasteiger partial charge < -0.3 is 61.6 Å². The van der Waals surface area contributed by atoms with Gasteiger partial charge in [-0.15, -0.1) is 0 Å². The molecule has 0 aliphatic rings. The molecule has 0 N–H and O–H groups in total. The van der Waals surface area contributed by atoms with Crippen molar-refractivity contribution in [2.45, 2.75) is 84.7 Å². The number of esters is 2. The van der Waals surface area contributed by atoms with Crippen molar-refractivity contribution in [3.8, 4) is 0 Å². The van der Waals surface area contributed by atoms with Crippen molar-refractivity contribution in [2.24, 2.45) is 0 Å². The van der Waals surface area contributed by atoms with Crippen molar-refractivity contribution in [1.82, 2.24) is 0 Å². The Bertz CT molecular complexity index is 766. The molecule has 15 heteroatoms. The molecule has 53 heavy (non-hydrogen) atoms. The molecule has 0 aliphatic heterocycles. The predicted octanol–water partition coefficient (Wildman–Crippen LogP) is 4.19. The van der Waals surface area contributed by atoms with Crippen LogP contribution in [0.15, 0.2) is 0 Å². The van der Waals surface area contributed by atoms with E-state index < -0.39 is 5.60 Å². The molecule has 0 spiro atoms. The summed E-state index contributed by atoms with van der Waals surface area (Å²) >= 11 is 0. The van der Waals surface area contributed by atoms with Gasteiger partial charge >= 0.3 is 11.9 Å². The fourth-order valence-corrected chi connectivity index (χ4v) is 4.19. The Morgan fingerprint density at radius 1 is 0.340 bits per heavy atom. The third-order valence-electron chi connectivity index (χ3n) is 6.82. The van der Waals surface area contributed by atoms with Crippen molar-refractivity contribution < 1.29 is 71.2 Å². The van der Waals surface area contributed by atoms with Gasteiger partial charge in [-0.2, -0.15) is 0 Å². The lowest BCUT2D eigenvalue weighted by Gasteiger charge is -2.19. The molecule has 0 fully saturated rings. The molecule has 0 unspecified atom stereocenters. The lowest BCUT2D eigenvalue weighted by molar-refractivity contribution is -0.156. The summed E-state index contributed by atoms with van der Waals surface area (Å²) in [5, 5.41) is 0. The number of ether oxygens (including phenoxy) is 13. The molecule has 0 saturated heterocycles. The van der Waals surface area contributed by atoms with Crippen molar-refractivity contribution in [2.75, 3.05) is 152 Å². The Morgan fingerprint density at radius 2 is 0.623 bits per heavy atom. The predicted molar refractivity (Wildman–Crippen MR) is 198 cm³/mol. The maximum atomic E-state index is 11.7. The second kappa shape index (κ2) is 41.7. The summed E-state index contributed by atoms with van der Waals surface area (Å²) in [6, 6.07) is 0. The number of carbonyl (C=O) groups excluding carboxylic acids is 2. The van der Waals surface area contributed by atoms with Crippen LogP contribution in [-0.4, -0.2) is 169 Å². The standard InChI is InChI=1S/C38H74O15/c1-5-6-7-8-9-10-11-36(39)52-35-34-51-33-32-50-31-30-49-29-28-48-27-26-47-25-24-46-23-22-45-21-20-44-19-18-43-17-16-42-15-14-41-13-12-37(40)53-38(2,3)4/h5-35H2,1-4H3. The summed E-state index contributed by atoms with van der Waals surface area (Å²) in [5.74, 6) is -0.415. The Labute approximate surface area is 319 Å². The molecule has 0 rings (SSSR count). The Kier molecular flexibility index (Phi) is 40.5. The van der Waals surface area contributed by atoms with Crippen LogP contribution in [0.3, 0.4) is 0 Å². The zero-order valence-corrected chi connectivity index (χ0v) is 33.5. The monoisotopic (exact) mass is 771 g/mol. The molecular formula is C38H74O15. The molecule has 0 heterocycles. The summed E-state index contributed by atoms with van der Waals surface area (Å²) in [7, 11) is 0. The van der Waals surface area contributed by atoms with Gasteiger partial charge in [0.25, 0.3) is 0 Å². The lowest BCUT2D eigenvalue weighted by atomic mass is 10.1. The van der Waals surface area contributed by atoms with E-state index in [1.807, 2.05) is 20.8 Å². The van der Waals surface area contributed by atoms with Crippen LogP contribution in [0.2, 0.25) is 0 Å². The van der Waals surface area contributed by atoms with Gasteiger partial charge in [0, 0.05) is 6.42 Å². The van der Waals surface area contributed by atoms with Crippen LogP contribution in [-0.2, 0) is 71.2 Å². The number of hydrogen-bond acceptors (Lipinski definition) is 15. The quantitative estimate of drug-likeness (QED) is 0.0643. The van der Waals surface area contributed by atoms with E-state index in [-0.39, 0.29) is 25.0 Å². The molecule has 0 aromatic rings. The van der Waals surface area contributed by atoms with Gasteiger partial charge in [-0.05, 0) is 27.2 Å². The minimum Gasteiger partial charge on any atom is -0.463 e. The first-order chi connectivity index (χ1) is 25.8. The molecule has 0 radical (unpaired) electrons. The molecular weight excluding hydrogens is 696 g/mol. The van der Waals surface area contributed by atoms with Gasteiger partial charge in [-0.25, -0.2) is 0 Å². The fourth-order valence-electron chi connectivity index (χ4n) is 4.19. The summed E-state index contributed by atoms with van der Waals surface area (Å²) in [5.41, 5.74) is -0.477. The van der Waals surface area contributed by atoms with Gasteiger partial charge in [0.2, 0.25) is 0 Å². The molecule has 0 saturated carbocycles. The van der Waals surface area contributed by atoms with E-state index in [0.29, 0.717) is 152 Å². The third-order valence-corrected chi connectivity index (χ3v) is 6.82. The lowest BCUT2D eigenvalue weighted by Crippen LogP contribution is -2.24. The maximum absolute atomic E-state index is 11.7. The number of carbonyl (C=O) groups is 2. The molecule has 15 nitrogen and oxygen atoms in total. The van der Waals surface area contributed by atoms with E-state index in [1.165, 1.54) is 25.7 Å². The minimum atomic E-state index is -0.477. The fraction of sp³-hybridized carbons (Fsp3) is 0.947. The summed E-state index contributed by atoms with van der Waals surface area (Å²) in [6.45, 7) is 18.2. The van der Waals surface area contributed by atoms with Gasteiger partial charge in [0.15, 0.2) is 0 Å². The highest BCUT2D eigenvalue weighted by Gasteiger charge is 2.15. The average Bonchev–Trinajstić information content (AvgIpc) is 3.12. The van der Waals surface area contributed by atoms with Crippen LogP contribution in [0, 0.1) is 0 Å². The van der Waals surface area contributed by atoms with Crippen molar-refractivity contribution >= 4 is 11.9 Å². The average molecular weight is 771 g/mol. The normalized spacial score (nSPS) is 11.7. The number of unbranched alkanes of at least 4 members (excludes halogenated alkanes) is 5. The summed E-state index contributed by atoms with van der Waals surface area (Å²) in [6.07, 6.45) is 7.62. The molecule has 0 bridgehead atoms. The van der Waals surface area contributed by atoms with Crippen molar-refractivity contribution in [3.05, 3.63) is 0 Å². The van der Waals surface area contributed by atoms with Crippen LogP contribution >= 0.6 is 0 Å². The molecule has 0 atom stereocenters. The smallest absolute Gasteiger partial charge is 0.308 e. The van der Waals surface area contributed by atoms with Crippen molar-refractivity contribution in [1.29, 1.82) is 0 Å². The van der Waals surface area contributed by atoms with Crippen LogP contribution in [0.5, 0.6) is 0 Å². The Hall–Kier alpha value is -1.50. The summed E-state index contributed by atoms with van der Waals surface area (Å²) < 4.78 is 70.4. The second-order valence-electron chi connectivity index (χ2n) is 12.8. The van der Waals surface area contributed by atoms with E-state index in [0.717, 1.165) is 12.8 Å². The van der Waals surface area contributed by atoms with Gasteiger partial charge in [-0.3, -0.25) is 9.59 Å². The Balaban J connectivity index is 3.13. The zero-order valence-electron chi connectivity index (χ0n) is 33.5. The van der Waals surface area contributed by atoms with E-state index in [1.54, 1.807) is 0 Å². The molecule has 0 amide bonds. The minimum absolute atomic E-state index is 0.147. The van der Waals surface area contributed by atoms with Crippen LogP contribution in [0.1, 0.15) is 79.1 Å². The SMILES string of the molecule is CCCCCCCCC(=O)OCCOCCOCCOCCOCCOCCOCCOCCOCCOCCOCCOCCC(=O)OC(C)(C)C. The topological polar surface area (TPSA) is 154 Å². The highest BCUT2D eigenvalue weighted by molar-refractivity contribution is 5.70. The second-order valence-corrected chi connectivity index (χ2v) is 12.8. The van der Waals surface area contributed by atoms with E-state index in [9.17, 15) is 9.59 Å². The highest BCUT2D eigenvalue weighted by atomic mass is 16.6. The number of hydrogen-bond donors (Lipinski definition) is 0. The van der Waals surface area contributed by atoms with Gasteiger partial charge in [0.05, 0.1) is 152 Å². The molecule has 316 valence electrons. The van der Waals surface area contributed by atoms with E-state index in [2.05, 4.69) is 6.92 Å².